The van der Waals surface area contributed by atoms with Crippen LogP contribution in [0, 0.1) is 45.4 Å². The molecule has 0 unspecified atom stereocenters. The van der Waals surface area contributed by atoms with Crippen LogP contribution in [0.3, 0.4) is 0 Å². The number of aromatic nitrogens is 1. The van der Waals surface area contributed by atoms with E-state index in [1.807, 2.05) is 20.8 Å². The maximum absolute atomic E-state index is 13.7. The zero-order valence-corrected chi connectivity index (χ0v) is 37.9. The largest absolute Gasteiger partial charge is 0.497 e. The predicted molar refractivity (Wildman–Crippen MR) is 237 cm³/mol. The molecular weight excluding hydrogens is 762 g/mol. The number of halogens is 1. The van der Waals surface area contributed by atoms with Crippen LogP contribution in [0.5, 0.6) is 17.2 Å². The quantitative estimate of drug-likeness (QED) is 0.0686. The van der Waals surface area contributed by atoms with Gasteiger partial charge >= 0.3 is 11.9 Å². The molecule has 0 radical (unpaired) electrons. The molecule has 1 aliphatic rings. The zero-order valence-electron chi connectivity index (χ0n) is 37.1. The van der Waals surface area contributed by atoms with Crippen molar-refractivity contribution in [2.24, 2.45) is 17.8 Å². The molecule has 59 heavy (non-hydrogen) atoms. The molecule has 0 fully saturated rings. The molecule has 0 saturated heterocycles. The molecule has 0 aliphatic carbocycles. The third-order valence-electron chi connectivity index (χ3n) is 12.6. The summed E-state index contributed by atoms with van der Waals surface area (Å²) in [6, 6.07) is 12.0. The number of carbonyl (C=O) groups excluding carboxylic acids is 3. The summed E-state index contributed by atoms with van der Waals surface area (Å²) in [6.45, 7) is 18.8. The highest BCUT2D eigenvalue weighted by molar-refractivity contribution is 6.30. The van der Waals surface area contributed by atoms with Crippen LogP contribution in [-0.2, 0) is 27.2 Å². The van der Waals surface area contributed by atoms with Gasteiger partial charge in [0.25, 0.3) is 5.91 Å². The highest BCUT2D eigenvalue weighted by Crippen LogP contribution is 2.45. The number of methoxy groups -OCH3 is 1. The normalized spacial score (nSPS) is 16.1. The van der Waals surface area contributed by atoms with Crippen molar-refractivity contribution in [2.75, 3.05) is 13.7 Å². The zero-order chi connectivity index (χ0) is 43.0. The fourth-order valence-electron chi connectivity index (χ4n) is 8.69. The number of nitrogens with zero attached hydrogens (tertiary/aromatic N) is 1. The second-order valence-corrected chi connectivity index (χ2v) is 18.3. The molecule has 0 N–H and O–H groups in total. The number of ether oxygens (including phenoxy) is 4. The first-order valence-electron chi connectivity index (χ1n) is 21.7. The second kappa shape index (κ2) is 20.3. The summed E-state index contributed by atoms with van der Waals surface area (Å²) in [6.07, 6.45) is 12.9. The van der Waals surface area contributed by atoms with Crippen LogP contribution in [-0.4, -0.2) is 41.7 Å². The van der Waals surface area contributed by atoms with Crippen molar-refractivity contribution in [3.63, 3.8) is 0 Å². The molecule has 2 heterocycles. The van der Waals surface area contributed by atoms with Gasteiger partial charge in [0, 0.05) is 27.2 Å². The fourth-order valence-corrected chi connectivity index (χ4v) is 8.81. The molecule has 0 amide bonds. The molecule has 3 aromatic carbocycles. The second-order valence-electron chi connectivity index (χ2n) is 17.8. The smallest absolute Gasteiger partial charge is 0.349 e. The number of hydrogen-bond acceptors (Lipinski definition) is 7. The van der Waals surface area contributed by atoms with Crippen LogP contribution < -0.4 is 14.2 Å². The van der Waals surface area contributed by atoms with Gasteiger partial charge in [-0.3, -0.25) is 14.2 Å². The van der Waals surface area contributed by atoms with Gasteiger partial charge in [-0.15, -0.1) is 0 Å². The number of carbonyl (C=O) groups is 3. The van der Waals surface area contributed by atoms with E-state index in [0.717, 1.165) is 65.5 Å². The predicted octanol–water partition coefficient (Wildman–Crippen LogP) is 12.4. The lowest BCUT2D eigenvalue weighted by atomic mass is 9.83. The molecule has 1 aliphatic heterocycles. The van der Waals surface area contributed by atoms with E-state index in [2.05, 4.69) is 34.6 Å². The van der Waals surface area contributed by atoms with Crippen molar-refractivity contribution in [1.82, 2.24) is 4.57 Å². The Bertz CT molecular complexity index is 2120. The Morgan fingerprint density at radius 1 is 0.831 bits per heavy atom. The summed E-state index contributed by atoms with van der Waals surface area (Å²) in [5, 5.41) is 1.20. The van der Waals surface area contributed by atoms with Gasteiger partial charge in [0.15, 0.2) is 6.61 Å². The Morgan fingerprint density at radius 2 is 1.47 bits per heavy atom. The van der Waals surface area contributed by atoms with Crippen LogP contribution in [0.4, 0.5) is 0 Å². The molecule has 0 bridgehead atoms. The van der Waals surface area contributed by atoms with Crippen LogP contribution >= 0.6 is 11.6 Å². The number of rotatable bonds is 19. The molecule has 8 nitrogen and oxygen atoms in total. The molecule has 5 rings (SSSR count). The molecule has 9 heteroatoms. The highest BCUT2D eigenvalue weighted by atomic mass is 35.5. The standard InChI is InChI=1S/C50H66ClNO7/c1-31(2)14-11-15-32(3)16-12-17-33(4)18-13-26-50(9)27-25-41-36(7)47(34(5)35(6)48(41)59-50)58-46(54)30-57-45(53)29-42-37(8)52(44-24-23-40(56-10)28-43(42)44)49(55)38-19-21-39(51)22-20-38/h19-24,28,31-33H,11-18,25-27,29-30H2,1-10H3/t32-,33-,50-/m1/s1. The highest BCUT2D eigenvalue weighted by Gasteiger charge is 2.35. The van der Waals surface area contributed by atoms with E-state index in [4.69, 9.17) is 30.5 Å². The first kappa shape index (κ1) is 45.8. The number of benzene rings is 3. The first-order valence-corrected chi connectivity index (χ1v) is 22.1. The van der Waals surface area contributed by atoms with E-state index in [1.165, 1.54) is 44.9 Å². The minimum atomic E-state index is -0.668. The Hall–Kier alpha value is -4.30. The molecule has 3 atom stereocenters. The molecule has 0 saturated carbocycles. The number of esters is 2. The fraction of sp³-hybridized carbons (Fsp3) is 0.540. The van der Waals surface area contributed by atoms with Gasteiger partial charge in [0.1, 0.15) is 22.8 Å². The summed E-state index contributed by atoms with van der Waals surface area (Å²) >= 11 is 6.07. The Morgan fingerprint density at radius 3 is 2.12 bits per heavy atom. The van der Waals surface area contributed by atoms with Crippen LogP contribution in [0.25, 0.3) is 10.9 Å². The van der Waals surface area contributed by atoms with Crippen molar-refractivity contribution in [3.8, 4) is 17.2 Å². The summed E-state index contributed by atoms with van der Waals surface area (Å²) in [5.74, 6) is 2.76. The maximum atomic E-state index is 13.7. The third kappa shape index (κ3) is 11.5. The summed E-state index contributed by atoms with van der Waals surface area (Å²) < 4.78 is 25.2. The van der Waals surface area contributed by atoms with Crippen LogP contribution in [0.2, 0.25) is 5.02 Å². The van der Waals surface area contributed by atoms with Gasteiger partial charge in [-0.1, -0.05) is 84.2 Å². The van der Waals surface area contributed by atoms with Gasteiger partial charge < -0.3 is 18.9 Å². The number of hydrogen-bond donors (Lipinski definition) is 0. The van der Waals surface area contributed by atoms with Crippen molar-refractivity contribution in [3.05, 3.63) is 86.6 Å². The van der Waals surface area contributed by atoms with E-state index in [9.17, 15) is 14.4 Å². The minimum absolute atomic E-state index is 0.160. The molecular formula is C50H66ClNO7. The average molecular weight is 829 g/mol. The van der Waals surface area contributed by atoms with Gasteiger partial charge in [-0.25, -0.2) is 4.79 Å². The van der Waals surface area contributed by atoms with Gasteiger partial charge in [0.2, 0.25) is 0 Å². The van der Waals surface area contributed by atoms with E-state index < -0.39 is 18.5 Å². The topological polar surface area (TPSA) is 93.1 Å². The van der Waals surface area contributed by atoms with Crippen molar-refractivity contribution < 1.29 is 33.3 Å². The lowest BCUT2D eigenvalue weighted by Gasteiger charge is -2.38. The van der Waals surface area contributed by atoms with Crippen molar-refractivity contribution in [1.29, 1.82) is 0 Å². The van der Waals surface area contributed by atoms with Gasteiger partial charge in [0.05, 0.1) is 19.0 Å². The third-order valence-corrected chi connectivity index (χ3v) is 12.8. The minimum Gasteiger partial charge on any atom is -0.497 e. The lowest BCUT2D eigenvalue weighted by Crippen LogP contribution is -2.37. The maximum Gasteiger partial charge on any atom is 0.349 e. The van der Waals surface area contributed by atoms with E-state index in [-0.39, 0.29) is 17.9 Å². The number of fused-ring (bicyclic) bond motifs is 2. The lowest BCUT2D eigenvalue weighted by molar-refractivity contribution is -0.153. The van der Waals surface area contributed by atoms with Gasteiger partial charge in [-0.05, 0) is 143 Å². The van der Waals surface area contributed by atoms with E-state index in [0.29, 0.717) is 50.2 Å². The summed E-state index contributed by atoms with van der Waals surface area (Å²) in [4.78, 5) is 40.2. The first-order chi connectivity index (χ1) is 28.0. The van der Waals surface area contributed by atoms with E-state index >= 15 is 0 Å². The van der Waals surface area contributed by atoms with E-state index in [1.54, 1.807) is 61.1 Å². The van der Waals surface area contributed by atoms with Crippen LogP contribution in [0.1, 0.15) is 143 Å². The SMILES string of the molecule is COc1ccc2c(c1)c(CC(=O)OCC(=O)Oc1c(C)c(C)c3c(c1C)CC[C@@](C)(CCC[C@H](C)CCC[C@H](C)CCCC(C)C)O3)c(C)n2C(=O)c1ccc(Cl)cc1. The van der Waals surface area contributed by atoms with Crippen molar-refractivity contribution in [2.45, 2.75) is 145 Å². The molecule has 1 aromatic heterocycles. The average Bonchev–Trinajstić information content (AvgIpc) is 3.46. The molecule has 320 valence electrons. The van der Waals surface area contributed by atoms with Gasteiger partial charge in [-0.2, -0.15) is 0 Å². The Labute approximate surface area is 357 Å². The Balaban J connectivity index is 1.17. The van der Waals surface area contributed by atoms with Crippen molar-refractivity contribution >= 4 is 40.3 Å². The Kier molecular flexibility index (Phi) is 15.8. The summed E-state index contributed by atoms with van der Waals surface area (Å²) in [5.41, 5.74) is 5.75. The summed E-state index contributed by atoms with van der Waals surface area (Å²) in [7, 11) is 1.56. The molecule has 0 spiro atoms. The monoisotopic (exact) mass is 827 g/mol. The molecule has 4 aromatic rings. The van der Waals surface area contributed by atoms with Crippen LogP contribution in [0.15, 0.2) is 42.5 Å².